The maximum Gasteiger partial charge on any atom is 3.00 e. The minimum atomic E-state index is -3.37. The predicted molar refractivity (Wildman–Crippen MR) is 7.61 cm³/mol. The Hall–Kier alpha value is 0.539. The van der Waals surface area contributed by atoms with Gasteiger partial charge in [-0.2, -0.15) is 0 Å². The summed E-state index contributed by atoms with van der Waals surface area (Å²) < 4.78 is 8.48. The molecule has 5 heteroatoms. The average Bonchev–Trinajstić information content (AvgIpc) is 0.811. The topological polar surface area (TPSA) is 63.2 Å². The van der Waals surface area contributed by atoms with Crippen LogP contribution in [0.25, 0.3) is 0 Å². The molecule has 0 aliphatic rings. The monoisotopic (exact) mass is 135 g/mol. The maximum absolute atomic E-state index is 8.48. The molecule has 3 nitrogen and oxygen atoms in total. The molecule has 0 aromatic heterocycles. The molecule has 29 valence electrons. The molecule has 0 N–H and O–H groups in total. The molecular formula is FeO3P+2. The van der Waals surface area contributed by atoms with Gasteiger partial charge in [-0.05, 0) is 0 Å². The third-order valence-corrected chi connectivity index (χ3v) is 0. The average molecular weight is 135 g/mol. The van der Waals surface area contributed by atoms with Gasteiger partial charge in [-0.15, -0.1) is 0 Å². The van der Waals surface area contributed by atoms with E-state index in [0.29, 0.717) is 0 Å². The Morgan fingerprint density at radius 3 is 1.40 bits per heavy atom. The van der Waals surface area contributed by atoms with Crippen LogP contribution >= 0.6 is 8.25 Å². The summed E-state index contributed by atoms with van der Waals surface area (Å²) in [7, 11) is -3.37. The van der Waals surface area contributed by atoms with Gasteiger partial charge in [0.25, 0.3) is 8.25 Å². The van der Waals surface area contributed by atoms with Crippen LogP contribution in [0.15, 0.2) is 0 Å². The molecule has 0 aliphatic carbocycles. The van der Waals surface area contributed by atoms with Crippen molar-refractivity contribution < 1.29 is 31.4 Å². The smallest absolute Gasteiger partial charge is 0.598 e. The molecule has 5 heavy (non-hydrogen) atoms. The first kappa shape index (κ1) is 9.11. The van der Waals surface area contributed by atoms with E-state index in [1.807, 2.05) is 0 Å². The molecule has 0 spiro atoms. The Labute approximate surface area is 40.4 Å². The molecule has 0 saturated carbocycles. The fourth-order valence-electron chi connectivity index (χ4n) is 0. The zero-order valence-electron chi connectivity index (χ0n) is 2.03. The largest absolute Gasteiger partial charge is 3.00 e. The van der Waals surface area contributed by atoms with Crippen molar-refractivity contribution in [3.05, 3.63) is 0 Å². The van der Waals surface area contributed by atoms with Gasteiger partial charge >= 0.3 is 17.1 Å². The Bertz CT molecular complexity index is 29.9. The molecule has 0 aromatic rings. The van der Waals surface area contributed by atoms with Gasteiger partial charge in [0.2, 0.25) is 0 Å². The fourth-order valence-corrected chi connectivity index (χ4v) is 0. The normalized spacial score (nSPS) is 5.20. The van der Waals surface area contributed by atoms with E-state index in [0.717, 1.165) is 0 Å². The van der Waals surface area contributed by atoms with Crippen molar-refractivity contribution in [2.45, 2.75) is 0 Å². The zero-order chi connectivity index (χ0) is 3.58. The van der Waals surface area contributed by atoms with Crippen LogP contribution in [0, 0.1) is 0 Å². The number of hydrogen-bond acceptors (Lipinski definition) is 3. The summed E-state index contributed by atoms with van der Waals surface area (Å²) in [5.41, 5.74) is 0. The third-order valence-electron chi connectivity index (χ3n) is 0. The van der Waals surface area contributed by atoms with Crippen molar-refractivity contribution in [2.75, 3.05) is 0 Å². The molecular weight excluding hydrogens is 135 g/mol. The molecule has 0 fully saturated rings. The minimum absolute atomic E-state index is 0. The molecule has 0 bridgehead atoms. The van der Waals surface area contributed by atoms with E-state index < -0.39 is 8.25 Å². The standard InChI is InChI=1S/Fe.HO3P/c;1-4(2)3/h;(H,1,2,3)/q+3;/p-1. The summed E-state index contributed by atoms with van der Waals surface area (Å²) in [6, 6.07) is 0. The van der Waals surface area contributed by atoms with Gasteiger partial charge in [0, 0.05) is 0 Å². The van der Waals surface area contributed by atoms with Crippen LogP contribution in [0.5, 0.6) is 0 Å². The van der Waals surface area contributed by atoms with E-state index in [2.05, 4.69) is 0 Å². The van der Waals surface area contributed by atoms with E-state index in [9.17, 15) is 0 Å². The van der Waals surface area contributed by atoms with Crippen molar-refractivity contribution in [1.29, 1.82) is 0 Å². The second kappa shape index (κ2) is 4.54. The first-order valence-corrected chi connectivity index (χ1v) is 1.64. The molecule has 1 radical (unpaired) electrons. The van der Waals surface area contributed by atoms with Crippen molar-refractivity contribution in [2.24, 2.45) is 0 Å². The zero-order valence-corrected chi connectivity index (χ0v) is 4.02. The molecule has 0 heterocycles. The Kier molecular flexibility index (Phi) is 8.27. The SMILES string of the molecule is O=[P+]([O-])[O-].[Fe+3]. The van der Waals surface area contributed by atoms with Gasteiger partial charge in [-0.1, -0.05) is 4.57 Å². The Balaban J connectivity index is 0. The van der Waals surface area contributed by atoms with Gasteiger partial charge in [0.1, 0.15) is 0 Å². The van der Waals surface area contributed by atoms with Crippen molar-refractivity contribution in [1.82, 2.24) is 0 Å². The quantitative estimate of drug-likeness (QED) is 0.295. The Morgan fingerprint density at radius 2 is 1.40 bits per heavy atom. The molecule has 0 aromatic carbocycles. The van der Waals surface area contributed by atoms with Crippen LogP contribution in [0.1, 0.15) is 0 Å². The van der Waals surface area contributed by atoms with Crippen LogP contribution < -0.4 is 9.79 Å². The van der Waals surface area contributed by atoms with Crippen molar-refractivity contribution in [3.8, 4) is 0 Å². The van der Waals surface area contributed by atoms with Crippen LogP contribution in [0.3, 0.4) is 0 Å². The van der Waals surface area contributed by atoms with Crippen molar-refractivity contribution >= 4 is 8.25 Å². The van der Waals surface area contributed by atoms with E-state index >= 15 is 0 Å². The Morgan fingerprint density at radius 1 is 1.40 bits per heavy atom. The van der Waals surface area contributed by atoms with Crippen LogP contribution in [-0.4, -0.2) is 0 Å². The van der Waals surface area contributed by atoms with Crippen LogP contribution in [0.2, 0.25) is 0 Å². The van der Waals surface area contributed by atoms with Gasteiger partial charge < -0.3 is 9.79 Å². The molecule has 0 saturated heterocycles. The van der Waals surface area contributed by atoms with Gasteiger partial charge in [-0.25, -0.2) is 0 Å². The number of rotatable bonds is 0. The second-order valence-corrected chi connectivity index (χ2v) is 0.671. The maximum atomic E-state index is 8.48. The van der Waals surface area contributed by atoms with E-state index in [1.54, 1.807) is 0 Å². The molecule has 0 rings (SSSR count). The first-order valence-electron chi connectivity index (χ1n) is 0.548. The molecule has 0 atom stereocenters. The summed E-state index contributed by atoms with van der Waals surface area (Å²) in [4.78, 5) is 17.0. The predicted octanol–water partition coefficient (Wildman–Crippen LogP) is -1.64. The summed E-state index contributed by atoms with van der Waals surface area (Å²) in [5.74, 6) is 0. The van der Waals surface area contributed by atoms with E-state index in [-0.39, 0.29) is 17.1 Å². The second-order valence-electron chi connectivity index (χ2n) is 0.224. The summed E-state index contributed by atoms with van der Waals surface area (Å²) in [5, 5.41) is 0. The van der Waals surface area contributed by atoms with Gasteiger partial charge in [0.15, 0.2) is 0 Å². The summed E-state index contributed by atoms with van der Waals surface area (Å²) in [6.07, 6.45) is 0. The van der Waals surface area contributed by atoms with Gasteiger partial charge in [-0.3, -0.25) is 0 Å². The first-order chi connectivity index (χ1) is 1.73. The molecule has 0 unspecified atom stereocenters. The third kappa shape index (κ3) is 101. The fraction of sp³-hybridized carbons (Fsp3) is 0. The van der Waals surface area contributed by atoms with E-state index in [4.69, 9.17) is 14.4 Å². The number of hydrogen-bond donors (Lipinski definition) is 0. The van der Waals surface area contributed by atoms with Crippen LogP contribution in [-0.2, 0) is 21.6 Å². The summed E-state index contributed by atoms with van der Waals surface area (Å²) >= 11 is 0. The van der Waals surface area contributed by atoms with Crippen molar-refractivity contribution in [3.63, 3.8) is 0 Å². The summed E-state index contributed by atoms with van der Waals surface area (Å²) in [6.45, 7) is 0. The van der Waals surface area contributed by atoms with Crippen LogP contribution in [0.4, 0.5) is 0 Å². The van der Waals surface area contributed by atoms with Gasteiger partial charge in [0.05, 0.1) is 0 Å². The van der Waals surface area contributed by atoms with E-state index in [1.165, 1.54) is 0 Å². The molecule has 0 amide bonds. The minimum Gasteiger partial charge on any atom is -0.598 e. The molecule has 0 aliphatic heterocycles.